The smallest absolute Gasteiger partial charge is 0.331 e. The summed E-state index contributed by atoms with van der Waals surface area (Å²) >= 11 is 1.46. The SMILES string of the molecule is COc1cc2c(cc1OC(=O)CCc1ccccc1)CCN[C@]21CS[C@@H]2c3c(OC(C)=O)c(C)c4c(c3[C@H](COC1=O)N1C2[C@H]2c3c(cc(C)c(OC)c3O)C[C@@H]([C@@H]1O)N2C)OCO4. The van der Waals surface area contributed by atoms with Gasteiger partial charge >= 0.3 is 17.9 Å². The number of carbonyl (C=O) groups is 3. The maximum absolute atomic E-state index is 15.1. The largest absolute Gasteiger partial charge is 0.504 e. The van der Waals surface area contributed by atoms with Gasteiger partial charge in [-0.2, -0.15) is 0 Å². The lowest BCUT2D eigenvalue weighted by atomic mass is 9.73. The van der Waals surface area contributed by atoms with Gasteiger partial charge in [0.1, 0.15) is 18.6 Å². The van der Waals surface area contributed by atoms with E-state index in [1.165, 1.54) is 32.9 Å². The van der Waals surface area contributed by atoms with Gasteiger partial charge in [0.25, 0.3) is 0 Å². The number of hydrogen-bond donors (Lipinski definition) is 3. The van der Waals surface area contributed by atoms with Gasteiger partial charge in [-0.3, -0.25) is 24.7 Å². The van der Waals surface area contributed by atoms with E-state index in [0.717, 1.165) is 22.3 Å². The Kier molecular flexibility index (Phi) is 10.7. The maximum Gasteiger partial charge on any atom is 0.331 e. The second-order valence-corrected chi connectivity index (χ2v) is 18.5. The molecule has 2 saturated heterocycles. The average molecular weight is 894 g/mol. The number of methoxy groups -OCH3 is 2. The van der Waals surface area contributed by atoms with Crippen LogP contribution in [-0.4, -0.2) is 103 Å². The first-order chi connectivity index (χ1) is 30.9. The first kappa shape index (κ1) is 42.4. The number of thioether (sulfide) groups is 1. The number of nitrogens with zero attached hydrogens (tertiary/aromatic N) is 2. The monoisotopic (exact) mass is 893 g/mol. The predicted molar refractivity (Wildman–Crippen MR) is 233 cm³/mol. The Balaban J connectivity index is 1.12. The number of likely N-dealkylation sites (N-methyl/N-ethyl adjacent to an activating group) is 1. The third kappa shape index (κ3) is 6.50. The van der Waals surface area contributed by atoms with Crippen molar-refractivity contribution < 1.29 is 57.8 Å². The lowest BCUT2D eigenvalue weighted by molar-refractivity contribution is -0.186. The van der Waals surface area contributed by atoms with Crippen LogP contribution in [0, 0.1) is 13.8 Å². The van der Waals surface area contributed by atoms with E-state index in [0.29, 0.717) is 76.6 Å². The zero-order valence-corrected chi connectivity index (χ0v) is 37.3. The fourth-order valence-corrected chi connectivity index (χ4v) is 12.8. The lowest BCUT2D eigenvalue weighted by Crippen LogP contribution is -2.70. The topological polar surface area (TPSA) is 175 Å². The van der Waals surface area contributed by atoms with Gasteiger partial charge in [-0.25, -0.2) is 4.79 Å². The second-order valence-electron chi connectivity index (χ2n) is 17.4. The summed E-state index contributed by atoms with van der Waals surface area (Å²) in [5, 5.41) is 27.7. The molecule has 0 aliphatic carbocycles. The van der Waals surface area contributed by atoms with Gasteiger partial charge in [-0.15, -0.1) is 11.8 Å². The van der Waals surface area contributed by atoms with E-state index in [2.05, 4.69) is 10.2 Å². The number of phenolic OH excluding ortho intramolecular Hbond substituents is 1. The number of hydrogen-bond acceptors (Lipinski definition) is 16. The Hall–Kier alpha value is -5.52. The highest BCUT2D eigenvalue weighted by molar-refractivity contribution is 7.99. The molecule has 64 heavy (non-hydrogen) atoms. The van der Waals surface area contributed by atoms with Crippen LogP contribution in [0.25, 0.3) is 0 Å². The van der Waals surface area contributed by atoms with Crippen LogP contribution in [0.15, 0.2) is 48.5 Å². The number of aliphatic hydroxyl groups is 1. The van der Waals surface area contributed by atoms with Crippen molar-refractivity contribution in [2.75, 3.05) is 47.0 Å². The molecule has 7 aliphatic heterocycles. The van der Waals surface area contributed by atoms with E-state index < -0.39 is 59.1 Å². The molecule has 4 aromatic carbocycles. The molecule has 0 saturated carbocycles. The molecule has 0 aromatic heterocycles. The van der Waals surface area contributed by atoms with Crippen molar-refractivity contribution in [3.63, 3.8) is 0 Å². The molecule has 0 amide bonds. The second kappa shape index (κ2) is 16.2. The third-order valence-electron chi connectivity index (χ3n) is 13.9. The van der Waals surface area contributed by atoms with E-state index in [1.807, 2.05) is 62.2 Å². The molecule has 15 nitrogen and oxygen atoms in total. The van der Waals surface area contributed by atoms with Crippen LogP contribution in [0.2, 0.25) is 0 Å². The highest BCUT2D eigenvalue weighted by Gasteiger charge is 2.61. The molecular weight excluding hydrogens is 843 g/mol. The molecule has 0 radical (unpaired) electrons. The maximum atomic E-state index is 15.1. The molecular formula is C48H51N3O12S. The molecule has 7 heterocycles. The van der Waals surface area contributed by atoms with Crippen molar-refractivity contribution in [3.8, 4) is 40.2 Å². The van der Waals surface area contributed by atoms with Crippen molar-refractivity contribution in [2.24, 2.45) is 0 Å². The fourth-order valence-electron chi connectivity index (χ4n) is 11.1. The number of esters is 3. The minimum atomic E-state index is -1.43. The number of fused-ring (bicyclic) bond motifs is 9. The van der Waals surface area contributed by atoms with Gasteiger partial charge in [-0.05, 0) is 80.1 Å². The number of piperazine rings is 1. The number of aryl methyl sites for hydroxylation is 2. The number of benzene rings is 4. The van der Waals surface area contributed by atoms with Crippen LogP contribution in [0.5, 0.6) is 40.2 Å². The van der Waals surface area contributed by atoms with E-state index in [9.17, 15) is 19.8 Å². The van der Waals surface area contributed by atoms with Crippen molar-refractivity contribution in [1.82, 2.24) is 15.1 Å². The molecule has 336 valence electrons. The number of nitrogens with one attached hydrogen (secondary N) is 1. The zero-order chi connectivity index (χ0) is 44.8. The summed E-state index contributed by atoms with van der Waals surface area (Å²) in [7, 11) is 4.98. The number of rotatable bonds is 7. The minimum Gasteiger partial charge on any atom is -0.504 e. The molecule has 1 spiro atoms. The van der Waals surface area contributed by atoms with Crippen molar-refractivity contribution in [3.05, 3.63) is 98.6 Å². The molecule has 7 aliphatic rings. The molecule has 11 rings (SSSR count). The van der Waals surface area contributed by atoms with Crippen LogP contribution < -0.4 is 33.7 Å². The first-order valence-electron chi connectivity index (χ1n) is 21.6. The average Bonchev–Trinajstić information content (AvgIpc) is 3.78. The van der Waals surface area contributed by atoms with E-state index in [1.54, 1.807) is 12.1 Å². The number of phenols is 1. The number of ether oxygens (including phenoxy) is 7. The molecule has 16 heteroatoms. The van der Waals surface area contributed by atoms with Gasteiger partial charge in [0, 0.05) is 53.9 Å². The summed E-state index contributed by atoms with van der Waals surface area (Å²) in [6.45, 7) is 5.17. The molecule has 4 aromatic rings. The molecule has 7 atom stereocenters. The highest BCUT2D eigenvalue weighted by atomic mass is 32.2. The number of carbonyl (C=O) groups excluding carboxylic acids is 3. The number of aliphatic hydroxyl groups excluding tert-OH is 1. The van der Waals surface area contributed by atoms with Gasteiger partial charge < -0.3 is 43.4 Å². The zero-order valence-electron chi connectivity index (χ0n) is 36.5. The summed E-state index contributed by atoms with van der Waals surface area (Å²) in [6, 6.07) is 12.9. The van der Waals surface area contributed by atoms with Crippen LogP contribution in [-0.2, 0) is 43.9 Å². The normalized spacial score (nSPS) is 26.5. The summed E-state index contributed by atoms with van der Waals surface area (Å²) in [5.41, 5.74) is 5.21. The first-order valence-corrected chi connectivity index (χ1v) is 22.6. The summed E-state index contributed by atoms with van der Waals surface area (Å²) < 4.78 is 42.5. The van der Waals surface area contributed by atoms with Gasteiger partial charge in [0.2, 0.25) is 6.79 Å². The van der Waals surface area contributed by atoms with Gasteiger partial charge in [0.15, 0.2) is 40.0 Å². The van der Waals surface area contributed by atoms with E-state index in [-0.39, 0.29) is 42.8 Å². The molecule has 1 unspecified atom stereocenters. The van der Waals surface area contributed by atoms with Crippen LogP contribution in [0.3, 0.4) is 0 Å². The standard InChI is InChI=1S/C48H51N3O12S/c1-23-16-28-17-30-46(55)51-31-20-59-47(56)48(29-19-32(57-5)33(18-27(29)14-15-49-48)63-34(53)13-12-26-10-8-7-9-11-26)21-64-45(39(51)38(50(30)4)35(28)40(54)41(23)58-6)37-36(31)44-43(60-22-61-44)24(2)42(37)62-25(3)52/h7-11,16,18-19,30-31,38-39,45-46,49,54-55H,12-15,17,20-22H2,1-6H3/t30-,31-,38+,39?,45+,46-,48+/m0/s1. The van der Waals surface area contributed by atoms with Crippen LogP contribution in [0.4, 0.5) is 0 Å². The Labute approximate surface area is 374 Å². The van der Waals surface area contributed by atoms with Gasteiger partial charge in [0.05, 0.1) is 37.6 Å². The summed E-state index contributed by atoms with van der Waals surface area (Å²) in [6.07, 6.45) is 0.565. The predicted octanol–water partition coefficient (Wildman–Crippen LogP) is 5.25. The Morgan fingerprint density at radius 1 is 0.953 bits per heavy atom. The van der Waals surface area contributed by atoms with E-state index in [4.69, 9.17) is 33.2 Å². The Morgan fingerprint density at radius 2 is 1.73 bits per heavy atom. The van der Waals surface area contributed by atoms with Crippen molar-refractivity contribution >= 4 is 29.7 Å². The molecule has 3 N–H and O–H groups in total. The quantitative estimate of drug-likeness (QED) is 0.162. The van der Waals surface area contributed by atoms with Crippen LogP contribution in [0.1, 0.15) is 80.7 Å². The Morgan fingerprint density at radius 3 is 2.48 bits per heavy atom. The summed E-state index contributed by atoms with van der Waals surface area (Å²) in [5.74, 6) is 0.736. The number of aromatic hydroxyl groups is 1. The summed E-state index contributed by atoms with van der Waals surface area (Å²) in [4.78, 5) is 45.5. The molecule has 2 fully saturated rings. The fraction of sp³-hybridized carbons (Fsp3) is 0.438. The highest BCUT2D eigenvalue weighted by Crippen LogP contribution is 2.64. The lowest BCUT2D eigenvalue weighted by Gasteiger charge is -2.62. The molecule has 4 bridgehead atoms. The van der Waals surface area contributed by atoms with Crippen molar-refractivity contribution in [1.29, 1.82) is 0 Å². The van der Waals surface area contributed by atoms with E-state index >= 15 is 4.79 Å². The minimum absolute atomic E-state index is 0.0267. The third-order valence-corrected chi connectivity index (χ3v) is 15.4. The van der Waals surface area contributed by atoms with Crippen molar-refractivity contribution in [2.45, 2.75) is 87.6 Å². The van der Waals surface area contributed by atoms with Crippen LogP contribution >= 0.6 is 11.8 Å². The Bertz CT molecular complexity index is 2590. The van der Waals surface area contributed by atoms with Gasteiger partial charge in [-0.1, -0.05) is 36.4 Å².